The molecule has 0 fully saturated rings. The number of H-pyrrole nitrogens is 1. The number of benzene rings is 2. The molecule has 0 radical (unpaired) electrons. The first-order valence-corrected chi connectivity index (χ1v) is 7.78. The van der Waals surface area contributed by atoms with Gasteiger partial charge in [-0.15, -0.1) is 0 Å². The minimum absolute atomic E-state index is 0.105. The molecule has 0 bridgehead atoms. The molecule has 26 heavy (non-hydrogen) atoms. The maximum atomic E-state index is 13.7. The zero-order valence-electron chi connectivity index (χ0n) is 13.3. The molecule has 130 valence electrons. The summed E-state index contributed by atoms with van der Waals surface area (Å²) < 4.78 is 26.8. The predicted octanol–water partition coefficient (Wildman–Crippen LogP) is 3.46. The fourth-order valence-corrected chi connectivity index (χ4v) is 2.58. The average molecular weight is 353 g/mol. The SMILES string of the molecule is O[C@@H](c1ccc(F)cc1)c1nc(Nc2cc[nH]n2)c2cc(F)ccc2n1. The van der Waals surface area contributed by atoms with E-state index in [0.29, 0.717) is 28.1 Å². The molecule has 4 rings (SSSR count). The number of hydrogen-bond donors (Lipinski definition) is 3. The monoisotopic (exact) mass is 353 g/mol. The Morgan fingerprint density at radius 1 is 0.962 bits per heavy atom. The topological polar surface area (TPSA) is 86.7 Å². The normalized spacial score (nSPS) is 12.3. The molecule has 0 unspecified atom stereocenters. The first kappa shape index (κ1) is 16.1. The molecule has 0 spiro atoms. The van der Waals surface area contributed by atoms with Crippen LogP contribution in [0.2, 0.25) is 0 Å². The summed E-state index contributed by atoms with van der Waals surface area (Å²) >= 11 is 0. The van der Waals surface area contributed by atoms with Crippen molar-refractivity contribution in [3.63, 3.8) is 0 Å². The fraction of sp³-hybridized carbons (Fsp3) is 0.0556. The van der Waals surface area contributed by atoms with Crippen LogP contribution >= 0.6 is 0 Å². The second kappa shape index (κ2) is 6.49. The van der Waals surface area contributed by atoms with Gasteiger partial charge in [-0.3, -0.25) is 5.10 Å². The summed E-state index contributed by atoms with van der Waals surface area (Å²) in [6.45, 7) is 0. The van der Waals surface area contributed by atoms with Gasteiger partial charge in [-0.2, -0.15) is 5.10 Å². The van der Waals surface area contributed by atoms with Crippen molar-refractivity contribution in [1.29, 1.82) is 0 Å². The second-order valence-electron chi connectivity index (χ2n) is 5.63. The van der Waals surface area contributed by atoms with Gasteiger partial charge in [-0.1, -0.05) is 12.1 Å². The van der Waals surface area contributed by atoms with E-state index in [0.717, 1.165) is 0 Å². The molecular weight excluding hydrogens is 340 g/mol. The van der Waals surface area contributed by atoms with Crippen molar-refractivity contribution in [3.05, 3.63) is 77.8 Å². The minimum Gasteiger partial charge on any atom is -0.380 e. The molecule has 2 aromatic heterocycles. The maximum absolute atomic E-state index is 13.7. The van der Waals surface area contributed by atoms with Crippen molar-refractivity contribution in [1.82, 2.24) is 20.2 Å². The summed E-state index contributed by atoms with van der Waals surface area (Å²) in [7, 11) is 0. The molecule has 2 heterocycles. The van der Waals surface area contributed by atoms with Crippen molar-refractivity contribution in [2.75, 3.05) is 5.32 Å². The minimum atomic E-state index is -1.16. The van der Waals surface area contributed by atoms with Crippen molar-refractivity contribution in [2.24, 2.45) is 0 Å². The number of fused-ring (bicyclic) bond motifs is 1. The number of aromatic amines is 1. The molecule has 0 aliphatic rings. The summed E-state index contributed by atoms with van der Waals surface area (Å²) in [4.78, 5) is 8.64. The Hall–Kier alpha value is -3.39. The highest BCUT2D eigenvalue weighted by Gasteiger charge is 2.18. The van der Waals surface area contributed by atoms with Crippen LogP contribution in [0.5, 0.6) is 0 Å². The quantitative estimate of drug-likeness (QED) is 0.523. The third kappa shape index (κ3) is 3.09. The highest BCUT2D eigenvalue weighted by atomic mass is 19.1. The van der Waals surface area contributed by atoms with Gasteiger partial charge in [0.05, 0.1) is 5.52 Å². The van der Waals surface area contributed by atoms with Crippen molar-refractivity contribution in [2.45, 2.75) is 6.10 Å². The first-order valence-electron chi connectivity index (χ1n) is 7.78. The second-order valence-corrected chi connectivity index (χ2v) is 5.63. The van der Waals surface area contributed by atoms with E-state index in [1.807, 2.05) is 0 Å². The van der Waals surface area contributed by atoms with E-state index in [1.165, 1.54) is 42.5 Å². The van der Waals surface area contributed by atoms with Gasteiger partial charge in [0, 0.05) is 17.6 Å². The molecule has 1 atom stereocenters. The Balaban J connectivity index is 1.82. The number of halogens is 2. The van der Waals surface area contributed by atoms with E-state index < -0.39 is 17.7 Å². The van der Waals surface area contributed by atoms with Gasteiger partial charge in [0.2, 0.25) is 0 Å². The zero-order chi connectivity index (χ0) is 18.1. The Kier molecular flexibility index (Phi) is 4.02. The predicted molar refractivity (Wildman–Crippen MR) is 91.8 cm³/mol. The highest BCUT2D eigenvalue weighted by Crippen LogP contribution is 2.28. The number of nitrogens with zero attached hydrogens (tertiary/aromatic N) is 3. The summed E-state index contributed by atoms with van der Waals surface area (Å²) in [5, 5.41) is 20.7. The van der Waals surface area contributed by atoms with Gasteiger partial charge in [0.15, 0.2) is 11.6 Å². The highest BCUT2D eigenvalue weighted by molar-refractivity contribution is 5.90. The number of hydrogen-bond acceptors (Lipinski definition) is 5. The van der Waals surface area contributed by atoms with Crippen LogP contribution < -0.4 is 5.32 Å². The van der Waals surface area contributed by atoms with Crippen LogP contribution in [0.4, 0.5) is 20.4 Å². The lowest BCUT2D eigenvalue weighted by molar-refractivity contribution is 0.210. The van der Waals surface area contributed by atoms with E-state index in [9.17, 15) is 13.9 Å². The molecular formula is C18H13F2N5O. The van der Waals surface area contributed by atoms with E-state index in [2.05, 4.69) is 25.5 Å². The summed E-state index contributed by atoms with van der Waals surface area (Å²) in [5.74, 6) is 0.0535. The molecule has 2 aromatic carbocycles. The average Bonchev–Trinajstić information content (AvgIpc) is 3.15. The Bertz CT molecular complexity index is 1050. The summed E-state index contributed by atoms with van der Waals surface area (Å²) in [5.41, 5.74) is 0.897. The number of aromatic nitrogens is 4. The molecule has 0 aliphatic carbocycles. The van der Waals surface area contributed by atoms with Gasteiger partial charge < -0.3 is 10.4 Å². The molecule has 6 nitrogen and oxygen atoms in total. The van der Waals surface area contributed by atoms with Crippen LogP contribution in [-0.2, 0) is 0 Å². The lowest BCUT2D eigenvalue weighted by Gasteiger charge is -2.14. The van der Waals surface area contributed by atoms with Crippen molar-refractivity contribution < 1.29 is 13.9 Å². The van der Waals surface area contributed by atoms with Crippen molar-refractivity contribution >= 4 is 22.5 Å². The number of aliphatic hydroxyl groups is 1. The van der Waals surface area contributed by atoms with Gasteiger partial charge in [-0.25, -0.2) is 18.7 Å². The zero-order valence-corrected chi connectivity index (χ0v) is 13.3. The molecule has 8 heteroatoms. The molecule has 0 aliphatic heterocycles. The van der Waals surface area contributed by atoms with Crippen LogP contribution in [0.15, 0.2) is 54.7 Å². The summed E-state index contributed by atoms with van der Waals surface area (Å²) in [6.07, 6.45) is 0.463. The standard InChI is InChI=1S/C18H13F2N5O/c19-11-3-1-10(2-4-11)16(26)18-22-14-6-5-12(20)9-13(14)17(24-18)23-15-7-8-21-25-15/h1-9,16,26H,(H2,21,22,23,24,25)/t16-/m0/s1. The molecule has 4 aromatic rings. The van der Waals surface area contributed by atoms with Crippen molar-refractivity contribution in [3.8, 4) is 0 Å². The third-order valence-corrected chi connectivity index (χ3v) is 3.85. The van der Waals surface area contributed by atoms with Gasteiger partial charge in [-0.05, 0) is 35.9 Å². The number of aliphatic hydroxyl groups excluding tert-OH is 1. The fourth-order valence-electron chi connectivity index (χ4n) is 2.58. The van der Waals surface area contributed by atoms with Gasteiger partial charge in [0.25, 0.3) is 0 Å². The number of nitrogens with one attached hydrogen (secondary N) is 2. The third-order valence-electron chi connectivity index (χ3n) is 3.85. The summed E-state index contributed by atoms with van der Waals surface area (Å²) in [6, 6.07) is 11.2. The van der Waals surface area contributed by atoms with E-state index >= 15 is 0 Å². The molecule has 0 amide bonds. The van der Waals surface area contributed by atoms with Crippen LogP contribution in [0.3, 0.4) is 0 Å². The van der Waals surface area contributed by atoms with E-state index in [-0.39, 0.29) is 5.82 Å². The van der Waals surface area contributed by atoms with Crippen LogP contribution in [0.25, 0.3) is 10.9 Å². The lowest BCUT2D eigenvalue weighted by Crippen LogP contribution is -2.08. The Labute approximate surface area is 146 Å². The molecule has 0 saturated heterocycles. The molecule has 3 N–H and O–H groups in total. The molecule has 0 saturated carbocycles. The van der Waals surface area contributed by atoms with Gasteiger partial charge in [0.1, 0.15) is 23.6 Å². The van der Waals surface area contributed by atoms with Crippen LogP contribution in [0, 0.1) is 11.6 Å². The maximum Gasteiger partial charge on any atom is 0.164 e. The number of anilines is 2. The Morgan fingerprint density at radius 2 is 1.73 bits per heavy atom. The lowest BCUT2D eigenvalue weighted by atomic mass is 10.1. The smallest absolute Gasteiger partial charge is 0.164 e. The van der Waals surface area contributed by atoms with E-state index in [4.69, 9.17) is 0 Å². The largest absolute Gasteiger partial charge is 0.380 e. The van der Waals surface area contributed by atoms with Gasteiger partial charge >= 0.3 is 0 Å². The van der Waals surface area contributed by atoms with E-state index in [1.54, 1.807) is 12.3 Å². The Morgan fingerprint density at radius 3 is 2.46 bits per heavy atom. The van der Waals surface area contributed by atoms with Crippen LogP contribution in [0.1, 0.15) is 17.5 Å². The van der Waals surface area contributed by atoms with Crippen LogP contribution in [-0.4, -0.2) is 25.3 Å². The number of rotatable bonds is 4. The first-order chi connectivity index (χ1) is 12.6.